The number of rotatable bonds is 7. The lowest BCUT2D eigenvalue weighted by Gasteiger charge is -2.23. The van der Waals surface area contributed by atoms with Gasteiger partial charge in [-0.2, -0.15) is 5.10 Å². The summed E-state index contributed by atoms with van der Waals surface area (Å²) in [5, 5.41) is 7.47. The molecule has 7 heteroatoms. The molecule has 2 heterocycles. The topological polar surface area (TPSA) is 76.7 Å². The molecule has 156 valence electrons. The van der Waals surface area contributed by atoms with Crippen molar-refractivity contribution in [2.24, 2.45) is 0 Å². The van der Waals surface area contributed by atoms with Gasteiger partial charge in [0.05, 0.1) is 12.8 Å². The Balaban J connectivity index is 1.36. The Morgan fingerprint density at radius 1 is 1.17 bits per heavy atom. The molecule has 0 bridgehead atoms. The van der Waals surface area contributed by atoms with Crippen molar-refractivity contribution in [3.63, 3.8) is 0 Å². The molecular weight excluding hydrogens is 382 g/mol. The number of aromatic nitrogens is 2. The summed E-state index contributed by atoms with van der Waals surface area (Å²) < 4.78 is 16.6. The molecule has 0 unspecified atom stereocenters. The molecule has 0 fully saturated rings. The van der Waals surface area contributed by atoms with Crippen LogP contribution in [0.1, 0.15) is 22.5 Å². The number of fused-ring (bicyclic) bond motifs is 1. The molecule has 0 aliphatic carbocycles. The average molecular weight is 407 g/mol. The van der Waals surface area contributed by atoms with Crippen LogP contribution in [0.3, 0.4) is 0 Å². The first-order chi connectivity index (χ1) is 14.7. The molecule has 0 spiro atoms. The van der Waals surface area contributed by atoms with Crippen LogP contribution in [-0.4, -0.2) is 54.9 Å². The number of aryl methyl sites for hydroxylation is 1. The molecule has 3 aromatic rings. The summed E-state index contributed by atoms with van der Waals surface area (Å²) in [6, 6.07) is 15.5. The highest BCUT2D eigenvalue weighted by Crippen LogP contribution is 2.40. The molecule has 7 nitrogen and oxygen atoms in total. The summed E-state index contributed by atoms with van der Waals surface area (Å²) in [6.45, 7) is 1.55. The van der Waals surface area contributed by atoms with E-state index in [0.717, 1.165) is 29.8 Å². The summed E-state index contributed by atoms with van der Waals surface area (Å²) in [4.78, 5) is 14.6. The Morgan fingerprint density at radius 2 is 1.97 bits per heavy atom. The SMILES string of the molecule is COc1cc(C(=O)N(C)CCCc2cc(-c3ccccc3)n[nH]2)cc2c1OCCO2. The predicted octanol–water partition coefficient (Wildman–Crippen LogP) is 3.56. The number of aromatic amines is 1. The molecule has 1 aliphatic rings. The van der Waals surface area contributed by atoms with Crippen molar-refractivity contribution in [1.82, 2.24) is 15.1 Å². The van der Waals surface area contributed by atoms with E-state index in [1.54, 1.807) is 31.2 Å². The zero-order valence-corrected chi connectivity index (χ0v) is 17.2. The summed E-state index contributed by atoms with van der Waals surface area (Å²) in [5.41, 5.74) is 3.58. The smallest absolute Gasteiger partial charge is 0.253 e. The minimum Gasteiger partial charge on any atom is -0.493 e. The number of amides is 1. The van der Waals surface area contributed by atoms with Gasteiger partial charge in [0.2, 0.25) is 5.75 Å². The highest BCUT2D eigenvalue weighted by molar-refractivity contribution is 5.95. The zero-order valence-electron chi connectivity index (χ0n) is 17.2. The van der Waals surface area contributed by atoms with Gasteiger partial charge < -0.3 is 19.1 Å². The fourth-order valence-electron chi connectivity index (χ4n) is 3.47. The van der Waals surface area contributed by atoms with Gasteiger partial charge in [-0.1, -0.05) is 30.3 Å². The fraction of sp³-hybridized carbons (Fsp3) is 0.304. The van der Waals surface area contributed by atoms with E-state index in [4.69, 9.17) is 14.2 Å². The number of nitrogens with zero attached hydrogens (tertiary/aromatic N) is 2. The molecule has 30 heavy (non-hydrogen) atoms. The van der Waals surface area contributed by atoms with Crippen LogP contribution in [0.5, 0.6) is 17.2 Å². The van der Waals surface area contributed by atoms with Gasteiger partial charge in [-0.05, 0) is 31.0 Å². The first kappa shape index (κ1) is 19.8. The van der Waals surface area contributed by atoms with Crippen LogP contribution < -0.4 is 14.2 Å². The van der Waals surface area contributed by atoms with Crippen molar-refractivity contribution >= 4 is 5.91 Å². The molecule has 0 saturated heterocycles. The maximum atomic E-state index is 12.9. The number of ether oxygens (including phenoxy) is 3. The molecule has 0 atom stereocenters. The minimum absolute atomic E-state index is 0.0835. The van der Waals surface area contributed by atoms with E-state index in [2.05, 4.69) is 16.3 Å². The van der Waals surface area contributed by atoms with Crippen molar-refractivity contribution in [2.45, 2.75) is 12.8 Å². The number of hydrogen-bond donors (Lipinski definition) is 1. The van der Waals surface area contributed by atoms with Crippen LogP contribution in [-0.2, 0) is 6.42 Å². The maximum absolute atomic E-state index is 12.9. The van der Waals surface area contributed by atoms with Gasteiger partial charge in [0, 0.05) is 30.4 Å². The largest absolute Gasteiger partial charge is 0.493 e. The summed E-state index contributed by atoms with van der Waals surface area (Å²) in [6.07, 6.45) is 1.63. The van der Waals surface area contributed by atoms with Gasteiger partial charge in [0.25, 0.3) is 5.91 Å². The van der Waals surface area contributed by atoms with E-state index in [1.165, 1.54) is 0 Å². The number of H-pyrrole nitrogens is 1. The second kappa shape index (κ2) is 8.90. The predicted molar refractivity (Wildman–Crippen MR) is 113 cm³/mol. The Bertz CT molecular complexity index is 999. The second-order valence-electron chi connectivity index (χ2n) is 7.18. The molecule has 1 amide bonds. The Hall–Kier alpha value is -3.48. The number of methoxy groups -OCH3 is 1. The van der Waals surface area contributed by atoms with Gasteiger partial charge in [-0.15, -0.1) is 0 Å². The molecule has 1 N–H and O–H groups in total. The molecule has 2 aromatic carbocycles. The molecule has 1 aliphatic heterocycles. The van der Waals surface area contributed by atoms with Crippen molar-refractivity contribution in [2.75, 3.05) is 33.9 Å². The molecular formula is C23H25N3O4. The number of hydrogen-bond acceptors (Lipinski definition) is 5. The molecule has 0 radical (unpaired) electrons. The third-order valence-electron chi connectivity index (χ3n) is 5.06. The Kier molecular flexibility index (Phi) is 5.88. The minimum atomic E-state index is -0.0835. The third-order valence-corrected chi connectivity index (χ3v) is 5.06. The van der Waals surface area contributed by atoms with Gasteiger partial charge in [0.1, 0.15) is 13.2 Å². The van der Waals surface area contributed by atoms with E-state index in [0.29, 0.717) is 42.6 Å². The van der Waals surface area contributed by atoms with Crippen LogP contribution >= 0.6 is 0 Å². The van der Waals surface area contributed by atoms with Crippen molar-refractivity contribution in [1.29, 1.82) is 0 Å². The van der Waals surface area contributed by atoms with E-state index in [1.807, 2.05) is 30.3 Å². The number of carbonyl (C=O) groups excluding carboxylic acids is 1. The normalized spacial score (nSPS) is 12.5. The maximum Gasteiger partial charge on any atom is 0.253 e. The van der Waals surface area contributed by atoms with Crippen LogP contribution in [0.4, 0.5) is 0 Å². The van der Waals surface area contributed by atoms with Crippen molar-refractivity contribution < 1.29 is 19.0 Å². The average Bonchev–Trinajstić information content (AvgIpc) is 3.27. The van der Waals surface area contributed by atoms with Crippen LogP contribution in [0, 0.1) is 0 Å². The summed E-state index contributed by atoms with van der Waals surface area (Å²) in [5.74, 6) is 1.52. The lowest BCUT2D eigenvalue weighted by atomic mass is 10.1. The molecule has 4 rings (SSSR count). The number of benzene rings is 2. The Labute approximate surface area is 175 Å². The standard InChI is InChI=1S/C23H25N3O4/c1-26(10-6-9-18-15-19(25-24-18)16-7-4-3-5-8-16)23(27)17-13-20(28-2)22-21(14-17)29-11-12-30-22/h3-5,7-8,13-15H,6,9-12H2,1-2H3,(H,24,25). The van der Waals surface area contributed by atoms with Crippen LogP contribution in [0.15, 0.2) is 48.5 Å². The first-order valence-electron chi connectivity index (χ1n) is 9.98. The Morgan fingerprint density at radius 3 is 2.77 bits per heavy atom. The highest BCUT2D eigenvalue weighted by Gasteiger charge is 2.22. The van der Waals surface area contributed by atoms with Crippen LogP contribution in [0.25, 0.3) is 11.3 Å². The van der Waals surface area contributed by atoms with Crippen molar-refractivity contribution in [3.05, 3.63) is 59.8 Å². The third kappa shape index (κ3) is 4.25. The van der Waals surface area contributed by atoms with Gasteiger partial charge in [-0.25, -0.2) is 0 Å². The van der Waals surface area contributed by atoms with E-state index < -0.39 is 0 Å². The van der Waals surface area contributed by atoms with Gasteiger partial charge >= 0.3 is 0 Å². The lowest BCUT2D eigenvalue weighted by Crippen LogP contribution is -2.28. The van der Waals surface area contributed by atoms with Gasteiger partial charge in [0.15, 0.2) is 11.5 Å². The van der Waals surface area contributed by atoms with E-state index >= 15 is 0 Å². The number of carbonyl (C=O) groups is 1. The quantitative estimate of drug-likeness (QED) is 0.648. The molecule has 1 aromatic heterocycles. The number of nitrogens with one attached hydrogen (secondary N) is 1. The molecule has 0 saturated carbocycles. The zero-order chi connectivity index (χ0) is 20.9. The second-order valence-corrected chi connectivity index (χ2v) is 7.18. The van der Waals surface area contributed by atoms with Crippen LogP contribution in [0.2, 0.25) is 0 Å². The van der Waals surface area contributed by atoms with Crippen molar-refractivity contribution in [3.8, 4) is 28.5 Å². The van der Waals surface area contributed by atoms with Gasteiger partial charge in [-0.3, -0.25) is 9.89 Å². The fourth-order valence-corrected chi connectivity index (χ4v) is 3.47. The lowest BCUT2D eigenvalue weighted by molar-refractivity contribution is 0.0791. The summed E-state index contributed by atoms with van der Waals surface area (Å²) >= 11 is 0. The summed E-state index contributed by atoms with van der Waals surface area (Å²) in [7, 11) is 3.35. The monoisotopic (exact) mass is 407 g/mol. The van der Waals surface area contributed by atoms with E-state index in [9.17, 15) is 4.79 Å². The first-order valence-corrected chi connectivity index (χ1v) is 9.98. The highest BCUT2D eigenvalue weighted by atomic mass is 16.6. The van der Waals surface area contributed by atoms with E-state index in [-0.39, 0.29) is 5.91 Å².